The summed E-state index contributed by atoms with van der Waals surface area (Å²) in [5.74, 6) is 0.724. The molecule has 2 aromatic rings. The molecule has 20 heavy (non-hydrogen) atoms. The zero-order valence-corrected chi connectivity index (χ0v) is 12.4. The highest BCUT2D eigenvalue weighted by Crippen LogP contribution is 2.29. The number of nitrogens with zero attached hydrogens (tertiary/aromatic N) is 3. The first-order valence-electron chi connectivity index (χ1n) is 6.75. The fourth-order valence-corrected chi connectivity index (χ4v) is 2.24. The van der Waals surface area contributed by atoms with Crippen molar-refractivity contribution in [2.75, 3.05) is 19.0 Å². The van der Waals surface area contributed by atoms with E-state index in [0.29, 0.717) is 5.56 Å². The Bertz CT molecular complexity index is 649. The van der Waals surface area contributed by atoms with Crippen molar-refractivity contribution >= 4 is 5.82 Å². The predicted octanol–water partition coefficient (Wildman–Crippen LogP) is 3.56. The lowest BCUT2D eigenvalue weighted by Gasteiger charge is -2.16. The topological polar surface area (TPSA) is 39.9 Å². The van der Waals surface area contributed by atoms with Gasteiger partial charge in [-0.15, -0.1) is 0 Å². The Morgan fingerprint density at radius 2 is 1.85 bits per heavy atom. The van der Waals surface area contributed by atoms with E-state index in [4.69, 9.17) is 0 Å². The van der Waals surface area contributed by atoms with Gasteiger partial charge in [-0.05, 0) is 30.5 Å². The van der Waals surface area contributed by atoms with Gasteiger partial charge in [-0.2, -0.15) is 5.26 Å². The van der Waals surface area contributed by atoms with Crippen LogP contribution < -0.4 is 4.90 Å². The molecule has 0 fully saturated rings. The summed E-state index contributed by atoms with van der Waals surface area (Å²) in [5, 5.41) is 9.48. The molecule has 0 spiro atoms. The quantitative estimate of drug-likeness (QED) is 0.852. The third-order valence-electron chi connectivity index (χ3n) is 3.34. The van der Waals surface area contributed by atoms with E-state index < -0.39 is 0 Å². The molecule has 0 aliphatic rings. The molecule has 0 amide bonds. The first kappa shape index (κ1) is 14.1. The molecule has 0 aliphatic heterocycles. The van der Waals surface area contributed by atoms with E-state index >= 15 is 0 Å². The molecule has 0 saturated carbocycles. The fraction of sp³-hybridized carbons (Fsp3) is 0.294. The average molecular weight is 265 g/mol. The fourth-order valence-electron chi connectivity index (χ4n) is 2.24. The number of aryl methyl sites for hydroxylation is 2. The normalized spacial score (nSPS) is 10.2. The second-order valence-electron chi connectivity index (χ2n) is 5.07. The van der Waals surface area contributed by atoms with Crippen molar-refractivity contribution in [1.82, 2.24) is 4.98 Å². The molecule has 3 heteroatoms. The van der Waals surface area contributed by atoms with Crippen LogP contribution in [0.1, 0.15) is 23.7 Å². The van der Waals surface area contributed by atoms with Crippen molar-refractivity contribution in [3.63, 3.8) is 0 Å². The van der Waals surface area contributed by atoms with E-state index in [1.165, 1.54) is 5.56 Å². The van der Waals surface area contributed by atoms with Crippen LogP contribution in [0.5, 0.6) is 0 Å². The molecule has 0 saturated heterocycles. The van der Waals surface area contributed by atoms with Crippen molar-refractivity contribution in [3.8, 4) is 17.2 Å². The molecule has 3 nitrogen and oxygen atoms in total. The minimum absolute atomic E-state index is 0.629. The Labute approximate surface area is 120 Å². The third kappa shape index (κ3) is 2.65. The first-order valence-corrected chi connectivity index (χ1v) is 6.75. The molecule has 1 aromatic carbocycles. The molecule has 1 heterocycles. The summed E-state index contributed by atoms with van der Waals surface area (Å²) in [6.45, 7) is 4.09. The highest BCUT2D eigenvalue weighted by molar-refractivity contribution is 5.76. The van der Waals surface area contributed by atoms with E-state index in [2.05, 4.69) is 42.2 Å². The van der Waals surface area contributed by atoms with Crippen LogP contribution in [0.3, 0.4) is 0 Å². The zero-order valence-electron chi connectivity index (χ0n) is 12.4. The number of benzene rings is 1. The molecule has 0 radical (unpaired) electrons. The molecule has 2 rings (SSSR count). The maximum atomic E-state index is 9.48. The van der Waals surface area contributed by atoms with E-state index in [1.54, 1.807) is 0 Å². The molecular weight excluding hydrogens is 246 g/mol. The summed E-state index contributed by atoms with van der Waals surface area (Å²) in [6, 6.07) is 12.7. The Kier molecular flexibility index (Phi) is 4.05. The van der Waals surface area contributed by atoms with E-state index in [-0.39, 0.29) is 0 Å². The Morgan fingerprint density at radius 1 is 1.20 bits per heavy atom. The number of aromatic nitrogens is 1. The van der Waals surface area contributed by atoms with Crippen LogP contribution in [-0.4, -0.2) is 19.1 Å². The van der Waals surface area contributed by atoms with E-state index in [1.807, 2.05) is 32.0 Å². The summed E-state index contributed by atoms with van der Waals surface area (Å²) in [4.78, 5) is 6.35. The van der Waals surface area contributed by atoms with E-state index in [9.17, 15) is 5.26 Å². The smallest absolute Gasteiger partial charge is 0.146 e. The summed E-state index contributed by atoms with van der Waals surface area (Å²) >= 11 is 0. The van der Waals surface area contributed by atoms with Crippen LogP contribution in [0, 0.1) is 18.3 Å². The van der Waals surface area contributed by atoms with Gasteiger partial charge in [0.1, 0.15) is 17.5 Å². The van der Waals surface area contributed by atoms with Crippen molar-refractivity contribution in [2.45, 2.75) is 20.3 Å². The summed E-state index contributed by atoms with van der Waals surface area (Å²) in [5.41, 5.74) is 4.86. The highest BCUT2D eigenvalue weighted by Gasteiger charge is 2.14. The zero-order chi connectivity index (χ0) is 14.7. The van der Waals surface area contributed by atoms with Gasteiger partial charge in [-0.25, -0.2) is 4.98 Å². The minimum Gasteiger partial charge on any atom is -0.362 e. The lowest BCUT2D eigenvalue weighted by atomic mass is 9.98. The Morgan fingerprint density at radius 3 is 2.35 bits per heavy atom. The van der Waals surface area contributed by atoms with Crippen LogP contribution in [-0.2, 0) is 6.42 Å². The van der Waals surface area contributed by atoms with Gasteiger partial charge in [0.2, 0.25) is 0 Å². The average Bonchev–Trinajstić information content (AvgIpc) is 2.46. The van der Waals surface area contributed by atoms with Crippen LogP contribution in [0.4, 0.5) is 5.82 Å². The van der Waals surface area contributed by atoms with Crippen LogP contribution in [0.2, 0.25) is 0 Å². The van der Waals surface area contributed by atoms with Crippen molar-refractivity contribution < 1.29 is 0 Å². The summed E-state index contributed by atoms with van der Waals surface area (Å²) < 4.78 is 0. The van der Waals surface area contributed by atoms with Crippen molar-refractivity contribution in [3.05, 3.63) is 47.2 Å². The molecule has 102 valence electrons. The second kappa shape index (κ2) is 5.75. The van der Waals surface area contributed by atoms with Gasteiger partial charge in [0.25, 0.3) is 0 Å². The lowest BCUT2D eigenvalue weighted by molar-refractivity contribution is 1.04. The number of pyridine rings is 1. The number of nitriles is 1. The maximum Gasteiger partial charge on any atom is 0.146 e. The monoisotopic (exact) mass is 265 g/mol. The first-order chi connectivity index (χ1) is 9.56. The predicted molar refractivity (Wildman–Crippen MR) is 82.8 cm³/mol. The number of hydrogen-bond donors (Lipinski definition) is 0. The van der Waals surface area contributed by atoms with Gasteiger partial charge in [0.15, 0.2) is 0 Å². The van der Waals surface area contributed by atoms with Gasteiger partial charge in [0, 0.05) is 25.4 Å². The largest absolute Gasteiger partial charge is 0.362 e. The van der Waals surface area contributed by atoms with Crippen LogP contribution in [0.25, 0.3) is 11.1 Å². The summed E-state index contributed by atoms with van der Waals surface area (Å²) in [7, 11) is 3.82. The molecular formula is C17H19N3. The van der Waals surface area contributed by atoms with Crippen LogP contribution >= 0.6 is 0 Å². The third-order valence-corrected chi connectivity index (χ3v) is 3.34. The molecule has 0 bridgehead atoms. The van der Waals surface area contributed by atoms with Crippen LogP contribution in [0.15, 0.2) is 30.3 Å². The van der Waals surface area contributed by atoms with Gasteiger partial charge in [-0.3, -0.25) is 0 Å². The molecule has 1 aromatic heterocycles. The van der Waals surface area contributed by atoms with Crippen molar-refractivity contribution in [2.24, 2.45) is 0 Å². The molecule has 0 N–H and O–H groups in total. The lowest BCUT2D eigenvalue weighted by Crippen LogP contribution is -2.13. The SMILES string of the molecule is CCc1ccc(-c2cc(C)nc(N(C)C)c2C#N)cc1. The van der Waals surface area contributed by atoms with Gasteiger partial charge in [-0.1, -0.05) is 31.2 Å². The number of rotatable bonds is 3. The molecule has 0 aliphatic carbocycles. The Balaban J connectivity index is 2.63. The molecule has 0 unspecified atom stereocenters. The highest BCUT2D eigenvalue weighted by atomic mass is 15.1. The Hall–Kier alpha value is -2.34. The van der Waals surface area contributed by atoms with Crippen molar-refractivity contribution in [1.29, 1.82) is 5.26 Å². The van der Waals surface area contributed by atoms with Gasteiger partial charge < -0.3 is 4.90 Å². The number of anilines is 1. The van der Waals surface area contributed by atoms with Gasteiger partial charge in [0.05, 0.1) is 0 Å². The van der Waals surface area contributed by atoms with E-state index in [0.717, 1.165) is 29.1 Å². The standard InChI is InChI=1S/C17H19N3/c1-5-13-6-8-14(9-7-13)15-10-12(2)19-17(20(3)4)16(15)11-18/h6-10H,5H2,1-4H3. The number of hydrogen-bond acceptors (Lipinski definition) is 3. The van der Waals surface area contributed by atoms with Gasteiger partial charge >= 0.3 is 0 Å². The summed E-state index contributed by atoms with van der Waals surface area (Å²) in [6.07, 6.45) is 1.02. The molecule has 0 atom stereocenters. The second-order valence-corrected chi connectivity index (χ2v) is 5.07. The minimum atomic E-state index is 0.629. The maximum absolute atomic E-state index is 9.48.